The Hall–Kier alpha value is -0.460. The van der Waals surface area contributed by atoms with Gasteiger partial charge in [-0.15, -0.1) is 0 Å². The van der Waals surface area contributed by atoms with Gasteiger partial charge in [0.1, 0.15) is 0 Å². The van der Waals surface area contributed by atoms with Crippen molar-refractivity contribution in [1.82, 2.24) is 0 Å². The predicted molar refractivity (Wildman–Crippen MR) is 84.4 cm³/mol. The molecule has 1 nitrogen and oxygen atoms in total. The molecule has 1 aliphatic heterocycles. The molecule has 0 N–H and O–H groups in total. The maximum absolute atomic E-state index is 5.74. The predicted octanol–water partition coefficient (Wildman–Crippen LogP) is 5.70. The summed E-state index contributed by atoms with van der Waals surface area (Å²) in [7, 11) is 0. The van der Waals surface area contributed by atoms with Gasteiger partial charge in [-0.1, -0.05) is 19.8 Å². The van der Waals surface area contributed by atoms with Gasteiger partial charge in [0.2, 0.25) is 0 Å². The Kier molecular flexibility index (Phi) is 4.73. The van der Waals surface area contributed by atoms with Gasteiger partial charge < -0.3 is 4.74 Å². The molecule has 0 spiro atoms. The molecule has 2 aliphatic carbocycles. The molecule has 1 heterocycles. The zero-order valence-corrected chi connectivity index (χ0v) is 13.4. The van der Waals surface area contributed by atoms with E-state index in [0.717, 1.165) is 23.7 Å². The van der Waals surface area contributed by atoms with Crippen molar-refractivity contribution in [3.8, 4) is 0 Å². The molecule has 1 heteroatoms. The van der Waals surface area contributed by atoms with Crippen LogP contribution in [0.3, 0.4) is 0 Å². The van der Waals surface area contributed by atoms with E-state index in [1.807, 2.05) is 0 Å². The lowest BCUT2D eigenvalue weighted by atomic mass is 9.68. The average Bonchev–Trinajstić information content (AvgIpc) is 2.49. The third-order valence-corrected chi connectivity index (χ3v) is 6.31. The third kappa shape index (κ3) is 3.40. The molecule has 114 valence electrons. The molecule has 0 aromatic rings. The van der Waals surface area contributed by atoms with Gasteiger partial charge in [-0.25, -0.2) is 0 Å². The Balaban J connectivity index is 1.47. The van der Waals surface area contributed by atoms with Crippen molar-refractivity contribution >= 4 is 0 Å². The van der Waals surface area contributed by atoms with E-state index in [9.17, 15) is 0 Å². The van der Waals surface area contributed by atoms with Crippen LogP contribution in [0.25, 0.3) is 0 Å². The van der Waals surface area contributed by atoms with Crippen LogP contribution in [0.2, 0.25) is 0 Å². The fourth-order valence-electron chi connectivity index (χ4n) is 4.72. The van der Waals surface area contributed by atoms with E-state index >= 15 is 0 Å². The molecule has 0 bridgehead atoms. The molecular weight excluding hydrogens is 244 g/mol. The minimum Gasteiger partial charge on any atom is -0.498 e. The number of hydrogen-bond donors (Lipinski definition) is 0. The van der Waals surface area contributed by atoms with Crippen LogP contribution in [-0.2, 0) is 4.74 Å². The Morgan fingerprint density at radius 1 is 0.800 bits per heavy atom. The minimum atomic E-state index is 0.444. The standard InChI is InChI=1S/C19H32O/c1-14-3-6-16(7-4-14)17-9-11-18(12-10-17)19-8-5-15(2)20-13-19/h13-18H,3-12H2,1-2H3. The van der Waals surface area contributed by atoms with Crippen LogP contribution < -0.4 is 0 Å². The Bertz CT molecular complexity index is 330. The molecule has 0 radical (unpaired) electrons. The van der Waals surface area contributed by atoms with Gasteiger partial charge in [0.15, 0.2) is 0 Å². The van der Waals surface area contributed by atoms with Crippen LogP contribution in [0.1, 0.15) is 78.1 Å². The third-order valence-electron chi connectivity index (χ3n) is 6.31. The highest BCUT2D eigenvalue weighted by Gasteiger charge is 2.31. The fourth-order valence-corrected chi connectivity index (χ4v) is 4.72. The second-order valence-corrected chi connectivity index (χ2v) is 7.81. The van der Waals surface area contributed by atoms with Crippen LogP contribution in [0.5, 0.6) is 0 Å². The highest BCUT2D eigenvalue weighted by Crippen LogP contribution is 2.43. The summed E-state index contributed by atoms with van der Waals surface area (Å²) in [6, 6.07) is 0. The lowest BCUT2D eigenvalue weighted by Gasteiger charge is -2.38. The monoisotopic (exact) mass is 276 g/mol. The smallest absolute Gasteiger partial charge is 0.0953 e. The van der Waals surface area contributed by atoms with Crippen molar-refractivity contribution in [3.63, 3.8) is 0 Å². The van der Waals surface area contributed by atoms with Crippen LogP contribution in [0.15, 0.2) is 11.8 Å². The van der Waals surface area contributed by atoms with E-state index in [1.165, 1.54) is 64.2 Å². The lowest BCUT2D eigenvalue weighted by molar-refractivity contribution is 0.121. The van der Waals surface area contributed by atoms with Gasteiger partial charge in [0.25, 0.3) is 0 Å². The van der Waals surface area contributed by atoms with Crippen molar-refractivity contribution in [2.45, 2.75) is 84.2 Å². The summed E-state index contributed by atoms with van der Waals surface area (Å²) in [4.78, 5) is 0. The van der Waals surface area contributed by atoms with E-state index < -0.39 is 0 Å². The molecule has 2 saturated carbocycles. The molecule has 20 heavy (non-hydrogen) atoms. The molecular formula is C19H32O. The fraction of sp³-hybridized carbons (Fsp3) is 0.895. The summed E-state index contributed by atoms with van der Waals surface area (Å²) < 4.78 is 5.74. The molecule has 0 amide bonds. The van der Waals surface area contributed by atoms with Crippen molar-refractivity contribution in [3.05, 3.63) is 11.8 Å². The molecule has 1 atom stereocenters. The first kappa shape index (κ1) is 14.5. The zero-order valence-electron chi connectivity index (χ0n) is 13.4. The van der Waals surface area contributed by atoms with Crippen molar-refractivity contribution in [2.24, 2.45) is 23.7 Å². The summed E-state index contributed by atoms with van der Waals surface area (Å²) in [6.45, 7) is 4.62. The van der Waals surface area contributed by atoms with Gasteiger partial charge in [0, 0.05) is 0 Å². The summed E-state index contributed by atoms with van der Waals surface area (Å²) in [6.07, 6.45) is 16.9. The molecule has 0 saturated heterocycles. The van der Waals surface area contributed by atoms with Crippen LogP contribution in [0, 0.1) is 23.7 Å². The van der Waals surface area contributed by atoms with E-state index in [2.05, 4.69) is 20.1 Å². The quantitative estimate of drug-likeness (QED) is 0.628. The Labute approximate surface area is 125 Å². The van der Waals surface area contributed by atoms with Crippen LogP contribution in [-0.4, -0.2) is 6.10 Å². The van der Waals surface area contributed by atoms with Gasteiger partial charge in [0.05, 0.1) is 12.4 Å². The minimum absolute atomic E-state index is 0.444. The van der Waals surface area contributed by atoms with E-state index in [1.54, 1.807) is 5.57 Å². The van der Waals surface area contributed by atoms with Crippen molar-refractivity contribution in [2.75, 3.05) is 0 Å². The number of ether oxygens (including phenoxy) is 1. The SMILES string of the molecule is CC1CCC(C2CCC(C3=COC(C)CC3)CC2)CC1. The maximum atomic E-state index is 5.74. The average molecular weight is 276 g/mol. The second-order valence-electron chi connectivity index (χ2n) is 7.81. The molecule has 2 fully saturated rings. The summed E-state index contributed by atoms with van der Waals surface area (Å²) >= 11 is 0. The maximum Gasteiger partial charge on any atom is 0.0953 e. The van der Waals surface area contributed by atoms with Crippen LogP contribution >= 0.6 is 0 Å². The lowest BCUT2D eigenvalue weighted by Crippen LogP contribution is -2.26. The summed E-state index contributed by atoms with van der Waals surface area (Å²) in [5, 5.41) is 0. The highest BCUT2D eigenvalue weighted by molar-refractivity contribution is 5.07. The van der Waals surface area contributed by atoms with Crippen LogP contribution in [0.4, 0.5) is 0 Å². The number of hydrogen-bond acceptors (Lipinski definition) is 1. The van der Waals surface area contributed by atoms with Crippen molar-refractivity contribution < 1.29 is 4.74 Å². The molecule has 0 aromatic carbocycles. The van der Waals surface area contributed by atoms with E-state index in [4.69, 9.17) is 4.74 Å². The van der Waals surface area contributed by atoms with Gasteiger partial charge in [-0.2, -0.15) is 0 Å². The Morgan fingerprint density at radius 3 is 1.95 bits per heavy atom. The topological polar surface area (TPSA) is 9.23 Å². The van der Waals surface area contributed by atoms with Gasteiger partial charge >= 0.3 is 0 Å². The molecule has 3 rings (SSSR count). The van der Waals surface area contributed by atoms with E-state index in [0.29, 0.717) is 6.10 Å². The normalized spacial score (nSPS) is 42.7. The molecule has 1 unspecified atom stereocenters. The summed E-state index contributed by atoms with van der Waals surface area (Å²) in [5.74, 6) is 3.95. The van der Waals surface area contributed by atoms with Crippen molar-refractivity contribution in [1.29, 1.82) is 0 Å². The number of rotatable bonds is 2. The first-order valence-electron chi connectivity index (χ1n) is 9.06. The highest BCUT2D eigenvalue weighted by atomic mass is 16.5. The first-order chi connectivity index (χ1) is 9.72. The van der Waals surface area contributed by atoms with Gasteiger partial charge in [-0.3, -0.25) is 0 Å². The van der Waals surface area contributed by atoms with E-state index in [-0.39, 0.29) is 0 Å². The zero-order chi connectivity index (χ0) is 13.9. The molecule has 3 aliphatic rings. The Morgan fingerprint density at radius 2 is 1.40 bits per heavy atom. The largest absolute Gasteiger partial charge is 0.498 e. The summed E-state index contributed by atoms with van der Waals surface area (Å²) in [5.41, 5.74) is 1.62. The first-order valence-corrected chi connectivity index (χ1v) is 9.06. The molecule has 0 aromatic heterocycles. The second kappa shape index (κ2) is 6.54. The van der Waals surface area contributed by atoms with Gasteiger partial charge in [-0.05, 0) is 87.5 Å². The number of allylic oxidation sites excluding steroid dienone is 1.